The molecular formula is C19H25N3O3S2. The second-order valence-electron chi connectivity index (χ2n) is 7.00. The van der Waals surface area contributed by atoms with Gasteiger partial charge in [0.1, 0.15) is 0 Å². The third-order valence-electron chi connectivity index (χ3n) is 4.96. The highest BCUT2D eigenvalue weighted by Crippen LogP contribution is 2.27. The van der Waals surface area contributed by atoms with Crippen LogP contribution in [0.1, 0.15) is 29.4 Å². The first kappa shape index (κ1) is 19.9. The number of sulfone groups is 1. The molecule has 1 aromatic heterocycles. The molecule has 1 saturated heterocycles. The molecule has 1 amide bonds. The van der Waals surface area contributed by atoms with Crippen molar-refractivity contribution in [1.82, 2.24) is 14.7 Å². The fourth-order valence-corrected chi connectivity index (χ4v) is 5.90. The molecule has 2 aromatic rings. The summed E-state index contributed by atoms with van der Waals surface area (Å²) >= 11 is 1.52. The zero-order valence-electron chi connectivity index (χ0n) is 15.9. The summed E-state index contributed by atoms with van der Waals surface area (Å²) in [5.41, 5.74) is 2.80. The summed E-state index contributed by atoms with van der Waals surface area (Å²) in [5.74, 6) is 0.809. The number of carbonyl (C=O) groups excluding carboxylic acids is 1. The normalized spacial score (nSPS) is 18.6. The molecule has 146 valence electrons. The van der Waals surface area contributed by atoms with Gasteiger partial charge in [-0.2, -0.15) is 5.10 Å². The number of aryl methyl sites for hydroxylation is 1. The number of amides is 1. The van der Waals surface area contributed by atoms with Crippen molar-refractivity contribution in [3.05, 3.63) is 47.3 Å². The summed E-state index contributed by atoms with van der Waals surface area (Å²) < 4.78 is 25.4. The van der Waals surface area contributed by atoms with Crippen molar-refractivity contribution >= 4 is 27.5 Å². The van der Waals surface area contributed by atoms with Crippen molar-refractivity contribution in [2.75, 3.05) is 24.3 Å². The Morgan fingerprint density at radius 2 is 2.00 bits per heavy atom. The first-order chi connectivity index (χ1) is 12.8. The molecule has 0 radical (unpaired) electrons. The predicted octanol–water partition coefficient (Wildman–Crippen LogP) is 2.61. The van der Waals surface area contributed by atoms with Crippen LogP contribution in [0.2, 0.25) is 0 Å². The van der Waals surface area contributed by atoms with Crippen molar-refractivity contribution in [3.8, 4) is 0 Å². The quantitative estimate of drug-likeness (QED) is 0.689. The molecule has 6 nitrogen and oxygen atoms in total. The van der Waals surface area contributed by atoms with E-state index in [1.54, 1.807) is 11.9 Å². The van der Waals surface area contributed by atoms with Crippen molar-refractivity contribution < 1.29 is 13.2 Å². The molecule has 1 aromatic carbocycles. The molecular weight excluding hydrogens is 382 g/mol. The lowest BCUT2D eigenvalue weighted by molar-refractivity contribution is -0.127. The van der Waals surface area contributed by atoms with Crippen LogP contribution in [-0.2, 0) is 21.2 Å². The number of carbonyl (C=O) groups is 1. The van der Waals surface area contributed by atoms with Crippen molar-refractivity contribution in [2.24, 2.45) is 0 Å². The van der Waals surface area contributed by atoms with Crippen LogP contribution < -0.4 is 0 Å². The maximum Gasteiger partial charge on any atom is 0.232 e. The summed E-state index contributed by atoms with van der Waals surface area (Å²) in [5, 5.41) is 4.57. The number of aromatic nitrogens is 2. The number of nitrogens with zero attached hydrogens (tertiary/aromatic N) is 3. The standard InChI is InChI=1S/C19H25N3O3S2/c1-14-18(15(2)22(20-14)16-9-10-27(24,25)13-16)11-21(3)19(23)12-26-17-7-5-4-6-8-17/h4-8,16H,9-13H2,1-3H3/t16-/m0/s1. The van der Waals surface area contributed by atoms with E-state index >= 15 is 0 Å². The van der Waals surface area contributed by atoms with Crippen LogP contribution in [0.5, 0.6) is 0 Å². The molecule has 0 bridgehead atoms. The fraction of sp³-hybridized carbons (Fsp3) is 0.474. The molecule has 1 aliphatic rings. The van der Waals surface area contributed by atoms with Gasteiger partial charge in [-0.05, 0) is 32.4 Å². The van der Waals surface area contributed by atoms with E-state index in [1.165, 1.54) is 11.8 Å². The molecule has 3 rings (SSSR count). The van der Waals surface area contributed by atoms with E-state index in [9.17, 15) is 13.2 Å². The number of hydrogen-bond acceptors (Lipinski definition) is 5. The van der Waals surface area contributed by atoms with E-state index < -0.39 is 9.84 Å². The molecule has 0 saturated carbocycles. The van der Waals surface area contributed by atoms with Gasteiger partial charge >= 0.3 is 0 Å². The number of rotatable bonds is 6. The van der Waals surface area contributed by atoms with Gasteiger partial charge in [0.2, 0.25) is 5.91 Å². The smallest absolute Gasteiger partial charge is 0.232 e. The zero-order chi connectivity index (χ0) is 19.6. The first-order valence-corrected chi connectivity index (χ1v) is 11.7. The third-order valence-corrected chi connectivity index (χ3v) is 7.70. The topological polar surface area (TPSA) is 72.3 Å². The lowest BCUT2D eigenvalue weighted by atomic mass is 10.1. The lowest BCUT2D eigenvalue weighted by Crippen LogP contribution is -2.28. The summed E-state index contributed by atoms with van der Waals surface area (Å²) in [7, 11) is -1.17. The number of hydrogen-bond donors (Lipinski definition) is 0. The van der Waals surface area contributed by atoms with E-state index in [4.69, 9.17) is 0 Å². The minimum Gasteiger partial charge on any atom is -0.341 e. The molecule has 0 spiro atoms. The highest BCUT2D eigenvalue weighted by atomic mass is 32.2. The van der Waals surface area contributed by atoms with Gasteiger partial charge in [0.25, 0.3) is 0 Å². The van der Waals surface area contributed by atoms with Crippen LogP contribution in [0, 0.1) is 13.8 Å². The van der Waals surface area contributed by atoms with Gasteiger partial charge in [-0.1, -0.05) is 18.2 Å². The van der Waals surface area contributed by atoms with Crippen molar-refractivity contribution in [3.63, 3.8) is 0 Å². The molecule has 27 heavy (non-hydrogen) atoms. The Morgan fingerprint density at radius 3 is 2.63 bits per heavy atom. The maximum absolute atomic E-state index is 12.5. The van der Waals surface area contributed by atoms with Gasteiger partial charge in [-0.15, -0.1) is 11.8 Å². The Hall–Kier alpha value is -1.80. The van der Waals surface area contributed by atoms with Gasteiger partial charge in [0, 0.05) is 29.7 Å². The molecule has 0 N–H and O–H groups in total. The number of thioether (sulfide) groups is 1. The highest BCUT2D eigenvalue weighted by Gasteiger charge is 2.31. The Morgan fingerprint density at radius 1 is 1.30 bits per heavy atom. The summed E-state index contributed by atoms with van der Waals surface area (Å²) in [4.78, 5) is 15.3. The Kier molecular flexibility index (Phi) is 5.95. The van der Waals surface area contributed by atoms with E-state index in [2.05, 4.69) is 5.10 Å². The third kappa shape index (κ3) is 4.73. The molecule has 1 atom stereocenters. The summed E-state index contributed by atoms with van der Waals surface area (Å²) in [6.45, 7) is 4.35. The largest absolute Gasteiger partial charge is 0.341 e. The number of benzene rings is 1. The lowest BCUT2D eigenvalue weighted by Gasteiger charge is -2.18. The minimum absolute atomic E-state index is 0.0545. The van der Waals surface area contributed by atoms with Gasteiger partial charge in [0.15, 0.2) is 9.84 Å². The van der Waals surface area contributed by atoms with Gasteiger partial charge in [-0.25, -0.2) is 8.42 Å². The van der Waals surface area contributed by atoms with E-state index in [0.717, 1.165) is 21.8 Å². The first-order valence-electron chi connectivity index (χ1n) is 8.93. The van der Waals surface area contributed by atoms with E-state index in [-0.39, 0.29) is 23.5 Å². The maximum atomic E-state index is 12.5. The van der Waals surface area contributed by atoms with E-state index in [0.29, 0.717) is 18.7 Å². The Bertz CT molecular complexity index is 923. The van der Waals surface area contributed by atoms with Crippen molar-refractivity contribution in [2.45, 2.75) is 37.8 Å². The SMILES string of the molecule is Cc1nn([C@H]2CCS(=O)(=O)C2)c(C)c1CN(C)C(=O)CSc1ccccc1. The van der Waals surface area contributed by atoms with Gasteiger partial charge in [0.05, 0.1) is 29.0 Å². The molecule has 1 fully saturated rings. The van der Waals surface area contributed by atoms with Crippen LogP contribution in [0.25, 0.3) is 0 Å². The average molecular weight is 408 g/mol. The second-order valence-corrected chi connectivity index (χ2v) is 10.3. The monoisotopic (exact) mass is 407 g/mol. The van der Waals surface area contributed by atoms with Crippen LogP contribution >= 0.6 is 11.8 Å². The molecule has 2 heterocycles. The molecule has 0 aliphatic carbocycles. The zero-order valence-corrected chi connectivity index (χ0v) is 17.5. The van der Waals surface area contributed by atoms with Crippen LogP contribution in [0.4, 0.5) is 0 Å². The predicted molar refractivity (Wildman–Crippen MR) is 108 cm³/mol. The molecule has 0 unspecified atom stereocenters. The Balaban J connectivity index is 1.65. The molecule has 8 heteroatoms. The van der Waals surface area contributed by atoms with Crippen molar-refractivity contribution in [1.29, 1.82) is 0 Å². The van der Waals surface area contributed by atoms with Gasteiger partial charge in [-0.3, -0.25) is 9.48 Å². The highest BCUT2D eigenvalue weighted by molar-refractivity contribution is 8.00. The van der Waals surface area contributed by atoms with Crippen LogP contribution in [-0.4, -0.2) is 53.3 Å². The van der Waals surface area contributed by atoms with Crippen LogP contribution in [0.15, 0.2) is 35.2 Å². The minimum atomic E-state index is -2.96. The van der Waals surface area contributed by atoms with Crippen LogP contribution in [0.3, 0.4) is 0 Å². The fourth-order valence-electron chi connectivity index (χ4n) is 3.35. The Labute approximate surface area is 164 Å². The second kappa shape index (κ2) is 8.06. The van der Waals surface area contributed by atoms with Gasteiger partial charge < -0.3 is 4.90 Å². The summed E-state index contributed by atoms with van der Waals surface area (Å²) in [6.07, 6.45) is 0.603. The average Bonchev–Trinajstić information content (AvgIpc) is 3.13. The van der Waals surface area contributed by atoms with E-state index in [1.807, 2.05) is 48.9 Å². The summed E-state index contributed by atoms with van der Waals surface area (Å²) in [6, 6.07) is 9.76. The molecule has 1 aliphatic heterocycles.